The molecule has 0 aromatic carbocycles. The van der Waals surface area contributed by atoms with Crippen LogP contribution in [0.2, 0.25) is 0 Å². The highest BCUT2D eigenvalue weighted by Gasteiger charge is 2.40. The largest absolute Gasteiger partial charge is 0.391 e. The molecular weight excluding hydrogens is 252 g/mol. The number of morpholine rings is 1. The first-order valence-electron chi connectivity index (χ1n) is 8.29. The van der Waals surface area contributed by atoms with Crippen LogP contribution in [0.25, 0.3) is 0 Å². The van der Waals surface area contributed by atoms with Gasteiger partial charge in [0.05, 0.1) is 19.3 Å². The summed E-state index contributed by atoms with van der Waals surface area (Å²) in [6.07, 6.45) is 4.40. The molecule has 0 spiro atoms. The van der Waals surface area contributed by atoms with Gasteiger partial charge in [0.1, 0.15) is 0 Å². The van der Waals surface area contributed by atoms with Crippen LogP contribution >= 0.6 is 0 Å². The Morgan fingerprint density at radius 2 is 1.80 bits per heavy atom. The summed E-state index contributed by atoms with van der Waals surface area (Å²) in [5.41, 5.74) is 0.390. The number of rotatable bonds is 2. The maximum atomic E-state index is 10.4. The van der Waals surface area contributed by atoms with E-state index < -0.39 is 0 Å². The lowest BCUT2D eigenvalue weighted by atomic mass is 9.73. The Balaban J connectivity index is 1.58. The van der Waals surface area contributed by atoms with Gasteiger partial charge in [0, 0.05) is 38.3 Å². The van der Waals surface area contributed by atoms with Gasteiger partial charge >= 0.3 is 0 Å². The Morgan fingerprint density at radius 3 is 2.55 bits per heavy atom. The van der Waals surface area contributed by atoms with Crippen molar-refractivity contribution in [3.05, 3.63) is 0 Å². The molecule has 0 aromatic heterocycles. The molecule has 0 radical (unpaired) electrons. The zero-order chi connectivity index (χ0) is 14.2. The number of aliphatic hydroxyl groups is 1. The Hall–Kier alpha value is -0.160. The quantitative estimate of drug-likeness (QED) is 0.829. The van der Waals surface area contributed by atoms with E-state index in [1.807, 2.05) is 0 Å². The summed E-state index contributed by atoms with van der Waals surface area (Å²) in [6, 6.07) is 1.06. The molecule has 3 atom stereocenters. The smallest absolute Gasteiger partial charge is 0.0695 e. The second-order valence-corrected chi connectivity index (χ2v) is 7.63. The first kappa shape index (κ1) is 14.8. The van der Waals surface area contributed by atoms with Crippen LogP contribution in [0, 0.1) is 5.41 Å². The van der Waals surface area contributed by atoms with Gasteiger partial charge in [-0.05, 0) is 31.1 Å². The fourth-order valence-corrected chi connectivity index (χ4v) is 4.22. The standard InChI is InChI=1S/C16H30N2O2/c1-16(2)5-3-15(19)14(11-16)18-6-4-13(12-18)17-7-9-20-10-8-17/h13-15,19H,3-12H2,1-2H3. The summed E-state index contributed by atoms with van der Waals surface area (Å²) in [4.78, 5) is 5.15. The fraction of sp³-hybridized carbons (Fsp3) is 1.00. The number of nitrogens with zero attached hydrogens (tertiary/aromatic N) is 2. The minimum atomic E-state index is -0.119. The predicted molar refractivity (Wildman–Crippen MR) is 79.8 cm³/mol. The van der Waals surface area contributed by atoms with Crippen LogP contribution < -0.4 is 0 Å². The highest BCUT2D eigenvalue weighted by atomic mass is 16.5. The van der Waals surface area contributed by atoms with E-state index >= 15 is 0 Å². The summed E-state index contributed by atoms with van der Waals surface area (Å²) in [5.74, 6) is 0. The Morgan fingerprint density at radius 1 is 1.05 bits per heavy atom. The second kappa shape index (κ2) is 5.91. The third kappa shape index (κ3) is 3.19. The van der Waals surface area contributed by atoms with Crippen molar-refractivity contribution in [2.45, 2.75) is 57.7 Å². The molecule has 0 aromatic rings. The summed E-state index contributed by atoms with van der Waals surface area (Å²) >= 11 is 0. The van der Waals surface area contributed by atoms with Crippen molar-refractivity contribution in [3.63, 3.8) is 0 Å². The summed E-state index contributed by atoms with van der Waals surface area (Å²) in [6.45, 7) is 10.9. The third-order valence-corrected chi connectivity index (χ3v) is 5.55. The minimum Gasteiger partial charge on any atom is -0.391 e. The monoisotopic (exact) mass is 282 g/mol. The van der Waals surface area contributed by atoms with Gasteiger partial charge in [-0.25, -0.2) is 0 Å². The Kier molecular flexibility index (Phi) is 4.37. The van der Waals surface area contributed by atoms with E-state index in [1.54, 1.807) is 0 Å². The van der Waals surface area contributed by atoms with E-state index in [0.717, 1.165) is 58.7 Å². The SMILES string of the molecule is CC1(C)CCC(O)C(N2CCC(N3CCOCC3)C2)C1. The highest BCUT2D eigenvalue weighted by molar-refractivity contribution is 4.95. The first-order valence-corrected chi connectivity index (χ1v) is 8.29. The molecule has 4 nitrogen and oxygen atoms in total. The van der Waals surface area contributed by atoms with Gasteiger partial charge in [0.15, 0.2) is 0 Å². The summed E-state index contributed by atoms with van der Waals surface area (Å²) in [7, 11) is 0. The summed E-state index contributed by atoms with van der Waals surface area (Å²) in [5, 5.41) is 10.4. The molecule has 3 unspecified atom stereocenters. The van der Waals surface area contributed by atoms with Gasteiger partial charge < -0.3 is 9.84 Å². The number of ether oxygens (including phenoxy) is 1. The van der Waals surface area contributed by atoms with E-state index in [0.29, 0.717) is 17.5 Å². The zero-order valence-electron chi connectivity index (χ0n) is 13.1. The third-order valence-electron chi connectivity index (χ3n) is 5.55. The maximum Gasteiger partial charge on any atom is 0.0695 e. The van der Waals surface area contributed by atoms with Crippen LogP contribution in [-0.4, -0.2) is 72.5 Å². The molecular formula is C16H30N2O2. The van der Waals surface area contributed by atoms with E-state index in [9.17, 15) is 5.11 Å². The van der Waals surface area contributed by atoms with Crippen LogP contribution in [0.15, 0.2) is 0 Å². The molecule has 20 heavy (non-hydrogen) atoms. The molecule has 1 aliphatic carbocycles. The molecule has 3 fully saturated rings. The van der Waals surface area contributed by atoms with Gasteiger partial charge in [-0.3, -0.25) is 9.80 Å². The van der Waals surface area contributed by atoms with Crippen molar-refractivity contribution in [2.24, 2.45) is 5.41 Å². The van der Waals surface area contributed by atoms with Gasteiger partial charge in [0.25, 0.3) is 0 Å². The van der Waals surface area contributed by atoms with Crippen molar-refractivity contribution < 1.29 is 9.84 Å². The molecule has 2 aliphatic heterocycles. The summed E-state index contributed by atoms with van der Waals surface area (Å²) < 4.78 is 5.45. The Labute approximate surface area is 123 Å². The van der Waals surface area contributed by atoms with Gasteiger partial charge in [-0.2, -0.15) is 0 Å². The lowest BCUT2D eigenvalue weighted by Crippen LogP contribution is -2.50. The molecule has 2 saturated heterocycles. The number of aliphatic hydroxyl groups excluding tert-OH is 1. The lowest BCUT2D eigenvalue weighted by Gasteiger charge is -2.43. The predicted octanol–water partition coefficient (Wildman–Crippen LogP) is 1.33. The van der Waals surface area contributed by atoms with Gasteiger partial charge in [-0.1, -0.05) is 13.8 Å². The average molecular weight is 282 g/mol. The number of likely N-dealkylation sites (tertiary alicyclic amines) is 1. The second-order valence-electron chi connectivity index (χ2n) is 7.63. The molecule has 4 heteroatoms. The molecule has 3 aliphatic rings. The normalized spacial score (nSPS) is 40.0. The van der Waals surface area contributed by atoms with E-state index in [2.05, 4.69) is 23.6 Å². The van der Waals surface area contributed by atoms with Crippen LogP contribution in [-0.2, 0) is 4.74 Å². The van der Waals surface area contributed by atoms with Crippen LogP contribution in [0.5, 0.6) is 0 Å². The first-order chi connectivity index (χ1) is 9.55. The molecule has 1 saturated carbocycles. The van der Waals surface area contributed by atoms with Crippen molar-refractivity contribution in [1.29, 1.82) is 0 Å². The van der Waals surface area contributed by atoms with Crippen molar-refractivity contribution >= 4 is 0 Å². The molecule has 3 rings (SSSR count). The van der Waals surface area contributed by atoms with Crippen LogP contribution in [0.3, 0.4) is 0 Å². The molecule has 116 valence electrons. The molecule has 0 amide bonds. The number of hydrogen-bond donors (Lipinski definition) is 1. The highest BCUT2D eigenvalue weighted by Crippen LogP contribution is 2.38. The van der Waals surface area contributed by atoms with Gasteiger partial charge in [0.2, 0.25) is 0 Å². The Bertz CT molecular complexity index is 328. The van der Waals surface area contributed by atoms with Crippen LogP contribution in [0.1, 0.15) is 39.5 Å². The van der Waals surface area contributed by atoms with Gasteiger partial charge in [-0.15, -0.1) is 0 Å². The van der Waals surface area contributed by atoms with Crippen molar-refractivity contribution in [1.82, 2.24) is 9.80 Å². The van der Waals surface area contributed by atoms with Crippen molar-refractivity contribution in [3.8, 4) is 0 Å². The number of hydrogen-bond acceptors (Lipinski definition) is 4. The van der Waals surface area contributed by atoms with Crippen molar-refractivity contribution in [2.75, 3.05) is 39.4 Å². The minimum absolute atomic E-state index is 0.119. The topological polar surface area (TPSA) is 35.9 Å². The average Bonchev–Trinajstić information content (AvgIpc) is 2.92. The molecule has 2 heterocycles. The maximum absolute atomic E-state index is 10.4. The van der Waals surface area contributed by atoms with Crippen LogP contribution in [0.4, 0.5) is 0 Å². The van der Waals surface area contributed by atoms with E-state index in [4.69, 9.17) is 4.74 Å². The van der Waals surface area contributed by atoms with E-state index in [-0.39, 0.29) is 6.10 Å². The molecule has 1 N–H and O–H groups in total. The lowest BCUT2D eigenvalue weighted by molar-refractivity contribution is -0.0158. The molecule has 0 bridgehead atoms. The fourth-order valence-electron chi connectivity index (χ4n) is 4.22. The zero-order valence-corrected chi connectivity index (χ0v) is 13.1. The van der Waals surface area contributed by atoms with E-state index in [1.165, 1.54) is 6.42 Å².